The smallest absolute Gasteiger partial charge is 0.0207 e. The Hall–Kier alpha value is -0.340. The lowest BCUT2D eigenvalue weighted by Crippen LogP contribution is -2.35. The van der Waals surface area contributed by atoms with Crippen LogP contribution in [0.25, 0.3) is 0 Å². The van der Waals surface area contributed by atoms with E-state index in [2.05, 4.69) is 73.2 Å². The van der Waals surface area contributed by atoms with Crippen molar-refractivity contribution in [2.45, 2.75) is 40.2 Å². The molecular weight excluding hydrogens is 262 g/mol. The maximum atomic E-state index is 3.61. The molecule has 0 spiro atoms. The molecule has 1 aromatic carbocycles. The third kappa shape index (κ3) is 4.67. The molecule has 2 heteroatoms. The second-order valence-corrected chi connectivity index (χ2v) is 6.32. The molecule has 0 saturated carbocycles. The molecule has 0 amide bonds. The molecule has 90 valence electrons. The van der Waals surface area contributed by atoms with Crippen molar-refractivity contribution < 1.29 is 0 Å². The van der Waals surface area contributed by atoms with Crippen molar-refractivity contribution in [2.24, 2.45) is 5.41 Å². The zero-order chi connectivity index (χ0) is 12.2. The van der Waals surface area contributed by atoms with Gasteiger partial charge in [-0.05, 0) is 23.5 Å². The average molecular weight is 284 g/mol. The zero-order valence-electron chi connectivity index (χ0n) is 10.7. The highest BCUT2D eigenvalue weighted by Gasteiger charge is 2.19. The van der Waals surface area contributed by atoms with Gasteiger partial charge in [-0.3, -0.25) is 0 Å². The highest BCUT2D eigenvalue weighted by atomic mass is 79.9. The summed E-state index contributed by atoms with van der Waals surface area (Å²) in [4.78, 5) is 0. The summed E-state index contributed by atoms with van der Waals surface area (Å²) in [5.74, 6) is 0. The van der Waals surface area contributed by atoms with Crippen LogP contribution < -0.4 is 5.32 Å². The van der Waals surface area contributed by atoms with Crippen molar-refractivity contribution in [1.82, 2.24) is 5.32 Å². The van der Waals surface area contributed by atoms with E-state index < -0.39 is 0 Å². The summed E-state index contributed by atoms with van der Waals surface area (Å²) < 4.78 is 1.22. The Morgan fingerprint density at radius 3 is 2.44 bits per heavy atom. The fourth-order valence-electron chi connectivity index (χ4n) is 1.70. The average Bonchev–Trinajstić information content (AvgIpc) is 2.19. The Bertz CT molecular complexity index is 331. The van der Waals surface area contributed by atoms with Crippen LogP contribution in [0.15, 0.2) is 28.7 Å². The third-order valence-electron chi connectivity index (χ3n) is 2.62. The van der Waals surface area contributed by atoms with Gasteiger partial charge in [0.15, 0.2) is 0 Å². The van der Waals surface area contributed by atoms with Gasteiger partial charge < -0.3 is 5.32 Å². The molecule has 0 aliphatic heterocycles. The molecule has 0 saturated heterocycles. The first-order chi connectivity index (χ1) is 7.41. The molecule has 0 fully saturated rings. The highest BCUT2D eigenvalue weighted by Crippen LogP contribution is 2.26. The minimum absolute atomic E-state index is 0.286. The Kier molecular flexibility index (Phi) is 5.00. The molecule has 1 N–H and O–H groups in total. The van der Waals surface area contributed by atoms with Crippen LogP contribution in [-0.2, 0) is 6.42 Å². The predicted octanol–water partition coefficient (Wildman–Crippen LogP) is 4.02. The fourth-order valence-corrected chi connectivity index (χ4v) is 2.13. The number of hydrogen-bond acceptors (Lipinski definition) is 1. The number of rotatable bonds is 5. The van der Waals surface area contributed by atoms with Crippen molar-refractivity contribution in [3.8, 4) is 0 Å². The lowest BCUT2D eigenvalue weighted by atomic mass is 9.85. The maximum Gasteiger partial charge on any atom is 0.0207 e. The van der Waals surface area contributed by atoms with Crippen LogP contribution in [0.5, 0.6) is 0 Å². The monoisotopic (exact) mass is 283 g/mol. The van der Waals surface area contributed by atoms with Gasteiger partial charge in [-0.1, -0.05) is 61.8 Å². The van der Waals surface area contributed by atoms with Crippen LogP contribution in [-0.4, -0.2) is 12.6 Å². The summed E-state index contributed by atoms with van der Waals surface area (Å²) in [5, 5.41) is 3.51. The first-order valence-electron chi connectivity index (χ1n) is 5.87. The van der Waals surface area contributed by atoms with E-state index >= 15 is 0 Å². The van der Waals surface area contributed by atoms with Crippen LogP contribution in [0.3, 0.4) is 0 Å². The van der Waals surface area contributed by atoms with Gasteiger partial charge in [0.2, 0.25) is 0 Å². The topological polar surface area (TPSA) is 12.0 Å². The summed E-state index contributed by atoms with van der Waals surface area (Å²) in [6, 6.07) is 9.03. The number of benzene rings is 1. The van der Waals surface area contributed by atoms with E-state index in [1.54, 1.807) is 0 Å². The molecule has 1 aromatic rings. The summed E-state index contributed by atoms with van der Waals surface area (Å²) in [7, 11) is 0. The Morgan fingerprint density at radius 2 is 1.88 bits per heavy atom. The maximum absolute atomic E-state index is 3.61. The van der Waals surface area contributed by atoms with Gasteiger partial charge in [-0.2, -0.15) is 0 Å². The van der Waals surface area contributed by atoms with Gasteiger partial charge in [-0.25, -0.2) is 0 Å². The molecule has 0 atom stereocenters. The molecule has 0 aliphatic rings. The number of halogens is 1. The number of nitrogens with one attached hydrogen (secondary N) is 1. The minimum atomic E-state index is 0.286. The highest BCUT2D eigenvalue weighted by molar-refractivity contribution is 9.10. The zero-order valence-corrected chi connectivity index (χ0v) is 12.3. The lowest BCUT2D eigenvalue weighted by Gasteiger charge is -2.27. The van der Waals surface area contributed by atoms with Gasteiger partial charge in [0.1, 0.15) is 0 Å². The second-order valence-electron chi connectivity index (χ2n) is 5.47. The van der Waals surface area contributed by atoms with Crippen LogP contribution in [0.4, 0.5) is 0 Å². The standard InChI is InChI=1S/C14H22BrN/c1-11(2)16-10-14(3,4)9-12-7-5-6-8-13(12)15/h5-8,11,16H,9-10H2,1-4H3. The fraction of sp³-hybridized carbons (Fsp3) is 0.571. The van der Waals surface area contributed by atoms with Gasteiger partial charge in [0.25, 0.3) is 0 Å². The van der Waals surface area contributed by atoms with Crippen LogP contribution in [0, 0.1) is 5.41 Å². The molecular formula is C14H22BrN. The third-order valence-corrected chi connectivity index (χ3v) is 3.39. The van der Waals surface area contributed by atoms with Gasteiger partial charge in [0, 0.05) is 17.1 Å². The quantitative estimate of drug-likeness (QED) is 0.861. The number of hydrogen-bond donors (Lipinski definition) is 1. The van der Waals surface area contributed by atoms with Crippen LogP contribution in [0.1, 0.15) is 33.3 Å². The van der Waals surface area contributed by atoms with Gasteiger partial charge >= 0.3 is 0 Å². The molecule has 0 aliphatic carbocycles. The van der Waals surface area contributed by atoms with Crippen LogP contribution in [0.2, 0.25) is 0 Å². The SMILES string of the molecule is CC(C)NCC(C)(C)Cc1ccccc1Br. The van der Waals surface area contributed by atoms with Gasteiger partial charge in [0.05, 0.1) is 0 Å². The first-order valence-corrected chi connectivity index (χ1v) is 6.67. The molecule has 0 radical (unpaired) electrons. The minimum Gasteiger partial charge on any atom is -0.314 e. The van der Waals surface area contributed by atoms with Crippen molar-refractivity contribution in [2.75, 3.05) is 6.54 Å². The molecule has 1 rings (SSSR count). The summed E-state index contributed by atoms with van der Waals surface area (Å²) in [5.41, 5.74) is 1.67. The van der Waals surface area contributed by atoms with Crippen molar-refractivity contribution in [1.29, 1.82) is 0 Å². The van der Waals surface area contributed by atoms with E-state index in [4.69, 9.17) is 0 Å². The lowest BCUT2D eigenvalue weighted by molar-refractivity contribution is 0.325. The molecule has 16 heavy (non-hydrogen) atoms. The van der Waals surface area contributed by atoms with Gasteiger partial charge in [-0.15, -0.1) is 0 Å². The van der Waals surface area contributed by atoms with E-state index in [0.717, 1.165) is 13.0 Å². The summed E-state index contributed by atoms with van der Waals surface area (Å²) in [6.07, 6.45) is 1.09. The molecule has 0 unspecified atom stereocenters. The van der Waals surface area contributed by atoms with E-state index in [9.17, 15) is 0 Å². The Balaban J connectivity index is 2.62. The molecule has 0 heterocycles. The Labute approximate surface area is 108 Å². The molecule has 1 nitrogen and oxygen atoms in total. The van der Waals surface area contributed by atoms with E-state index in [0.29, 0.717) is 6.04 Å². The van der Waals surface area contributed by atoms with Crippen molar-refractivity contribution >= 4 is 15.9 Å². The van der Waals surface area contributed by atoms with E-state index in [1.807, 2.05) is 0 Å². The van der Waals surface area contributed by atoms with E-state index in [1.165, 1.54) is 10.0 Å². The molecule has 0 aromatic heterocycles. The largest absolute Gasteiger partial charge is 0.314 e. The normalized spacial score (nSPS) is 12.1. The predicted molar refractivity (Wildman–Crippen MR) is 74.8 cm³/mol. The van der Waals surface area contributed by atoms with Crippen molar-refractivity contribution in [3.63, 3.8) is 0 Å². The summed E-state index contributed by atoms with van der Waals surface area (Å²) >= 11 is 3.61. The second kappa shape index (κ2) is 5.83. The van der Waals surface area contributed by atoms with E-state index in [-0.39, 0.29) is 5.41 Å². The first kappa shape index (κ1) is 13.7. The Morgan fingerprint density at radius 1 is 1.25 bits per heavy atom. The summed E-state index contributed by atoms with van der Waals surface area (Å²) in [6.45, 7) is 10.0. The van der Waals surface area contributed by atoms with Crippen molar-refractivity contribution in [3.05, 3.63) is 34.3 Å². The molecule has 0 bridgehead atoms. The van der Waals surface area contributed by atoms with Crippen LogP contribution >= 0.6 is 15.9 Å².